The van der Waals surface area contributed by atoms with E-state index in [4.69, 9.17) is 9.47 Å². The molecule has 5 nitrogen and oxygen atoms in total. The summed E-state index contributed by atoms with van der Waals surface area (Å²) in [5, 5.41) is 4.50. The van der Waals surface area contributed by atoms with Crippen molar-refractivity contribution < 1.29 is 19.1 Å². The van der Waals surface area contributed by atoms with Crippen LogP contribution < -0.4 is 10.1 Å². The first-order valence-corrected chi connectivity index (χ1v) is 6.96. The Morgan fingerprint density at radius 1 is 1.09 bits per heavy atom. The molecule has 0 spiro atoms. The number of ether oxygens (including phenoxy) is 2. The fourth-order valence-electron chi connectivity index (χ4n) is 2.50. The summed E-state index contributed by atoms with van der Waals surface area (Å²) in [6.45, 7) is 1.61. The van der Waals surface area contributed by atoms with Crippen LogP contribution in [0.15, 0.2) is 36.4 Å². The van der Waals surface area contributed by atoms with Gasteiger partial charge in [-0.2, -0.15) is 0 Å². The fraction of sp³-hybridized carbons (Fsp3) is 0.294. The molecule has 22 heavy (non-hydrogen) atoms. The van der Waals surface area contributed by atoms with E-state index in [1.165, 1.54) is 14.0 Å². The highest BCUT2D eigenvalue weighted by atomic mass is 16.5. The number of carbonyl (C=O) groups excluding carboxylic acids is 2. The Balaban J connectivity index is 2.53. The number of hydrogen-bond acceptors (Lipinski definition) is 4. The molecule has 0 fully saturated rings. The molecule has 0 heterocycles. The third kappa shape index (κ3) is 3.19. The summed E-state index contributed by atoms with van der Waals surface area (Å²) in [5.74, 6) is -0.400. The third-order valence-corrected chi connectivity index (χ3v) is 3.55. The zero-order valence-corrected chi connectivity index (χ0v) is 12.9. The van der Waals surface area contributed by atoms with Gasteiger partial charge in [0.05, 0.1) is 20.1 Å². The predicted molar refractivity (Wildman–Crippen MR) is 83.9 cm³/mol. The Hall–Kier alpha value is -2.56. The van der Waals surface area contributed by atoms with Crippen LogP contribution in [0.5, 0.6) is 5.75 Å². The normalized spacial score (nSPS) is 11.8. The highest BCUT2D eigenvalue weighted by Crippen LogP contribution is 2.31. The van der Waals surface area contributed by atoms with Gasteiger partial charge in [0.2, 0.25) is 5.91 Å². The van der Waals surface area contributed by atoms with Crippen LogP contribution in [0.25, 0.3) is 10.8 Å². The Kier molecular flexibility index (Phi) is 4.99. The maximum atomic E-state index is 12.1. The number of benzene rings is 2. The number of fused-ring (bicyclic) bond motifs is 1. The van der Waals surface area contributed by atoms with Gasteiger partial charge in [-0.25, -0.2) is 0 Å². The van der Waals surface area contributed by atoms with E-state index in [9.17, 15) is 9.59 Å². The second-order valence-corrected chi connectivity index (χ2v) is 4.92. The zero-order chi connectivity index (χ0) is 16.1. The molecule has 2 aromatic rings. The first kappa shape index (κ1) is 15.8. The molecular weight excluding hydrogens is 282 g/mol. The van der Waals surface area contributed by atoms with Crippen molar-refractivity contribution in [3.8, 4) is 5.75 Å². The molecule has 1 amide bonds. The molecule has 2 aromatic carbocycles. The van der Waals surface area contributed by atoms with Gasteiger partial charge >= 0.3 is 5.97 Å². The first-order valence-electron chi connectivity index (χ1n) is 6.96. The molecule has 1 atom stereocenters. The van der Waals surface area contributed by atoms with E-state index in [0.717, 1.165) is 22.1 Å². The summed E-state index contributed by atoms with van der Waals surface area (Å²) in [5.41, 5.74) is 0.803. The zero-order valence-electron chi connectivity index (χ0n) is 12.9. The Morgan fingerprint density at radius 3 is 2.41 bits per heavy atom. The van der Waals surface area contributed by atoms with Gasteiger partial charge in [-0.1, -0.05) is 30.3 Å². The molecular formula is C17H19NO4. The van der Waals surface area contributed by atoms with Gasteiger partial charge in [-0.05, 0) is 17.0 Å². The van der Waals surface area contributed by atoms with Gasteiger partial charge in [0.1, 0.15) is 5.75 Å². The number of methoxy groups -OCH3 is 2. The topological polar surface area (TPSA) is 64.6 Å². The standard InChI is InChI=1S/C17H19NO4/c1-11(19)18-10-15(17(20)22-3)13-6-4-8-14-12(13)7-5-9-16(14)21-2/h4-9,15H,10H2,1-3H3,(H,18,19). The van der Waals surface area contributed by atoms with Gasteiger partial charge in [0, 0.05) is 18.9 Å². The van der Waals surface area contributed by atoms with Gasteiger partial charge in [0.15, 0.2) is 0 Å². The largest absolute Gasteiger partial charge is 0.496 e. The number of hydrogen-bond donors (Lipinski definition) is 1. The lowest BCUT2D eigenvalue weighted by atomic mass is 9.93. The van der Waals surface area contributed by atoms with Crippen LogP contribution in [0.1, 0.15) is 18.4 Å². The molecule has 1 unspecified atom stereocenters. The van der Waals surface area contributed by atoms with E-state index in [2.05, 4.69) is 5.32 Å². The number of esters is 1. The lowest BCUT2D eigenvalue weighted by molar-refractivity contribution is -0.142. The highest BCUT2D eigenvalue weighted by Gasteiger charge is 2.24. The van der Waals surface area contributed by atoms with Crippen molar-refractivity contribution in [3.63, 3.8) is 0 Å². The van der Waals surface area contributed by atoms with E-state index >= 15 is 0 Å². The number of rotatable bonds is 5. The third-order valence-electron chi connectivity index (χ3n) is 3.55. The van der Waals surface area contributed by atoms with Crippen LogP contribution in [0.2, 0.25) is 0 Å². The number of carbonyl (C=O) groups is 2. The molecule has 1 N–H and O–H groups in total. The summed E-state index contributed by atoms with van der Waals surface area (Å²) in [7, 11) is 2.95. The Morgan fingerprint density at radius 2 is 1.77 bits per heavy atom. The summed E-state index contributed by atoms with van der Waals surface area (Å²) in [4.78, 5) is 23.3. The number of amides is 1. The molecule has 5 heteroatoms. The van der Waals surface area contributed by atoms with Gasteiger partial charge in [-0.15, -0.1) is 0 Å². The molecule has 0 aliphatic heterocycles. The van der Waals surface area contributed by atoms with Crippen LogP contribution in [0, 0.1) is 0 Å². The molecule has 116 valence electrons. The van der Waals surface area contributed by atoms with E-state index < -0.39 is 5.92 Å². The monoisotopic (exact) mass is 301 g/mol. The smallest absolute Gasteiger partial charge is 0.314 e. The minimum Gasteiger partial charge on any atom is -0.496 e. The fourth-order valence-corrected chi connectivity index (χ4v) is 2.50. The molecule has 0 radical (unpaired) electrons. The minimum atomic E-state index is -0.565. The van der Waals surface area contributed by atoms with Crippen LogP contribution in [0.4, 0.5) is 0 Å². The van der Waals surface area contributed by atoms with Crippen molar-refractivity contribution >= 4 is 22.6 Å². The summed E-state index contributed by atoms with van der Waals surface area (Å²) in [6, 6.07) is 11.3. The maximum absolute atomic E-state index is 12.1. The van der Waals surface area contributed by atoms with Crippen molar-refractivity contribution in [1.82, 2.24) is 5.32 Å². The molecule has 0 aromatic heterocycles. The second kappa shape index (κ2) is 6.93. The van der Waals surface area contributed by atoms with Gasteiger partial charge in [-0.3, -0.25) is 9.59 Å². The lowest BCUT2D eigenvalue weighted by Crippen LogP contribution is -2.30. The number of nitrogens with one attached hydrogen (secondary N) is 1. The minimum absolute atomic E-state index is 0.188. The summed E-state index contributed by atoms with van der Waals surface area (Å²) < 4.78 is 10.2. The molecule has 0 saturated heterocycles. The predicted octanol–water partition coefficient (Wildman–Crippen LogP) is 2.24. The van der Waals surface area contributed by atoms with Crippen LogP contribution in [0.3, 0.4) is 0 Å². The molecule has 0 aliphatic rings. The molecule has 0 saturated carbocycles. The van der Waals surface area contributed by atoms with E-state index in [1.807, 2.05) is 36.4 Å². The van der Waals surface area contributed by atoms with E-state index in [1.54, 1.807) is 7.11 Å². The van der Waals surface area contributed by atoms with Crippen molar-refractivity contribution in [2.75, 3.05) is 20.8 Å². The molecule has 0 aliphatic carbocycles. The van der Waals surface area contributed by atoms with Crippen LogP contribution in [-0.4, -0.2) is 32.6 Å². The molecule has 0 bridgehead atoms. The van der Waals surface area contributed by atoms with Crippen molar-refractivity contribution in [3.05, 3.63) is 42.0 Å². The van der Waals surface area contributed by atoms with Gasteiger partial charge < -0.3 is 14.8 Å². The SMILES string of the molecule is COC(=O)C(CNC(C)=O)c1cccc2c(OC)cccc12. The van der Waals surface area contributed by atoms with E-state index in [-0.39, 0.29) is 18.4 Å². The second-order valence-electron chi connectivity index (χ2n) is 4.92. The molecule has 2 rings (SSSR count). The lowest BCUT2D eigenvalue weighted by Gasteiger charge is -2.18. The van der Waals surface area contributed by atoms with Crippen molar-refractivity contribution in [1.29, 1.82) is 0 Å². The van der Waals surface area contributed by atoms with Crippen molar-refractivity contribution in [2.45, 2.75) is 12.8 Å². The van der Waals surface area contributed by atoms with Crippen LogP contribution in [-0.2, 0) is 14.3 Å². The van der Waals surface area contributed by atoms with Gasteiger partial charge in [0.25, 0.3) is 0 Å². The summed E-state index contributed by atoms with van der Waals surface area (Å²) >= 11 is 0. The average molecular weight is 301 g/mol. The average Bonchev–Trinajstić information content (AvgIpc) is 2.53. The summed E-state index contributed by atoms with van der Waals surface area (Å²) in [6.07, 6.45) is 0. The quantitative estimate of drug-likeness (QED) is 0.860. The first-order chi connectivity index (χ1) is 10.6. The Labute approximate surface area is 129 Å². The maximum Gasteiger partial charge on any atom is 0.314 e. The highest BCUT2D eigenvalue weighted by molar-refractivity contribution is 5.95. The van der Waals surface area contributed by atoms with E-state index in [0.29, 0.717) is 0 Å². The van der Waals surface area contributed by atoms with Crippen LogP contribution >= 0.6 is 0 Å². The van der Waals surface area contributed by atoms with Crippen molar-refractivity contribution in [2.24, 2.45) is 0 Å². The Bertz CT molecular complexity index is 696.